The molecule has 94 valence electrons. The zero-order valence-electron chi connectivity index (χ0n) is 9.60. The van der Waals surface area contributed by atoms with Crippen molar-refractivity contribution < 1.29 is 9.59 Å². The first-order chi connectivity index (χ1) is 6.82. The van der Waals surface area contributed by atoms with E-state index < -0.39 is 11.6 Å². The van der Waals surface area contributed by atoms with Gasteiger partial charge in [0.05, 0.1) is 5.54 Å². The van der Waals surface area contributed by atoms with Crippen molar-refractivity contribution in [3.05, 3.63) is 0 Å². The molecule has 1 saturated heterocycles. The minimum Gasteiger partial charge on any atom is -0.351 e. The van der Waals surface area contributed by atoms with Gasteiger partial charge in [0, 0.05) is 26.2 Å². The van der Waals surface area contributed by atoms with Gasteiger partial charge in [0.2, 0.25) is 5.91 Å². The minimum atomic E-state index is -0.852. The standard InChI is InChI=1S/C9H18N4O2.ClH/c1-9(2,11)7(14)12-3-5-13(6-4-12)8(10)15;/h3-6,11H2,1-2H3,(H2,10,15);1H. The highest BCUT2D eigenvalue weighted by Gasteiger charge is 2.30. The summed E-state index contributed by atoms with van der Waals surface area (Å²) in [6, 6.07) is -0.436. The molecule has 4 N–H and O–H groups in total. The Morgan fingerprint density at radius 3 is 1.75 bits per heavy atom. The van der Waals surface area contributed by atoms with Crippen LogP contribution in [0.4, 0.5) is 4.79 Å². The highest BCUT2D eigenvalue weighted by atomic mass is 35.5. The van der Waals surface area contributed by atoms with E-state index in [2.05, 4.69) is 0 Å². The zero-order chi connectivity index (χ0) is 11.6. The van der Waals surface area contributed by atoms with Crippen LogP contribution in [0.15, 0.2) is 0 Å². The molecule has 0 radical (unpaired) electrons. The van der Waals surface area contributed by atoms with Gasteiger partial charge in [-0.1, -0.05) is 0 Å². The molecule has 1 aliphatic heterocycles. The molecule has 1 aliphatic rings. The van der Waals surface area contributed by atoms with Crippen LogP contribution in [0.1, 0.15) is 13.8 Å². The van der Waals surface area contributed by atoms with Crippen molar-refractivity contribution in [2.75, 3.05) is 26.2 Å². The van der Waals surface area contributed by atoms with Crippen LogP contribution in [-0.4, -0.2) is 53.5 Å². The van der Waals surface area contributed by atoms with Crippen molar-refractivity contribution in [1.82, 2.24) is 9.80 Å². The molecule has 1 heterocycles. The van der Waals surface area contributed by atoms with Gasteiger partial charge in [-0.2, -0.15) is 0 Å². The SMILES string of the molecule is CC(C)(N)C(=O)N1CCN(C(N)=O)CC1.Cl. The Hall–Kier alpha value is -1.01. The molecule has 16 heavy (non-hydrogen) atoms. The predicted molar refractivity (Wildman–Crippen MR) is 63.3 cm³/mol. The Kier molecular flexibility index (Phi) is 5.02. The maximum atomic E-state index is 11.8. The van der Waals surface area contributed by atoms with Crippen LogP contribution in [0.5, 0.6) is 0 Å². The normalized spacial score (nSPS) is 16.7. The molecule has 0 saturated carbocycles. The van der Waals surface area contributed by atoms with Gasteiger partial charge in [-0.05, 0) is 13.8 Å². The highest BCUT2D eigenvalue weighted by molar-refractivity contribution is 5.85. The molecule has 0 unspecified atom stereocenters. The third-order valence-electron chi connectivity index (χ3n) is 2.43. The van der Waals surface area contributed by atoms with Gasteiger partial charge in [-0.25, -0.2) is 4.79 Å². The molecule has 0 atom stereocenters. The third kappa shape index (κ3) is 3.53. The van der Waals surface area contributed by atoms with Gasteiger partial charge < -0.3 is 21.3 Å². The lowest BCUT2D eigenvalue weighted by Gasteiger charge is -2.36. The second-order valence-electron chi connectivity index (χ2n) is 4.34. The summed E-state index contributed by atoms with van der Waals surface area (Å²) in [5.74, 6) is -0.0911. The molecular formula is C9H19ClN4O2. The molecule has 0 aromatic rings. The number of carbonyl (C=O) groups is 2. The van der Waals surface area contributed by atoms with Crippen LogP contribution in [0.25, 0.3) is 0 Å². The van der Waals surface area contributed by atoms with Gasteiger partial charge in [0.15, 0.2) is 0 Å². The van der Waals surface area contributed by atoms with Gasteiger partial charge in [-0.3, -0.25) is 4.79 Å². The lowest BCUT2D eigenvalue weighted by molar-refractivity contribution is -0.137. The molecule has 0 bridgehead atoms. The summed E-state index contributed by atoms with van der Waals surface area (Å²) in [6.07, 6.45) is 0. The molecule has 0 aliphatic carbocycles. The van der Waals surface area contributed by atoms with Crippen molar-refractivity contribution in [1.29, 1.82) is 0 Å². The lowest BCUT2D eigenvalue weighted by Crippen LogP contribution is -2.58. The predicted octanol–water partition coefficient (Wildman–Crippen LogP) is -0.632. The second kappa shape index (κ2) is 5.36. The van der Waals surface area contributed by atoms with E-state index in [0.29, 0.717) is 26.2 Å². The summed E-state index contributed by atoms with van der Waals surface area (Å²) in [4.78, 5) is 25.8. The quantitative estimate of drug-likeness (QED) is 0.649. The number of carbonyl (C=O) groups excluding carboxylic acids is 2. The van der Waals surface area contributed by atoms with E-state index in [1.807, 2.05) is 0 Å². The molecule has 3 amide bonds. The largest absolute Gasteiger partial charge is 0.351 e. The van der Waals surface area contributed by atoms with E-state index >= 15 is 0 Å². The molecule has 0 aromatic heterocycles. The fourth-order valence-electron chi connectivity index (χ4n) is 1.54. The van der Waals surface area contributed by atoms with E-state index in [1.165, 1.54) is 4.90 Å². The third-order valence-corrected chi connectivity index (χ3v) is 2.43. The number of piperazine rings is 1. The van der Waals surface area contributed by atoms with Crippen molar-refractivity contribution >= 4 is 24.3 Å². The molecule has 1 fully saturated rings. The van der Waals surface area contributed by atoms with Crippen LogP contribution in [0, 0.1) is 0 Å². The van der Waals surface area contributed by atoms with Crippen LogP contribution in [0.2, 0.25) is 0 Å². The van der Waals surface area contributed by atoms with Crippen molar-refractivity contribution in [2.24, 2.45) is 11.5 Å². The molecule has 0 aromatic carbocycles. The number of nitrogens with zero attached hydrogens (tertiary/aromatic N) is 2. The van der Waals surface area contributed by atoms with Gasteiger partial charge >= 0.3 is 6.03 Å². The Morgan fingerprint density at radius 2 is 1.44 bits per heavy atom. The van der Waals surface area contributed by atoms with Gasteiger partial charge in [0.25, 0.3) is 0 Å². The monoisotopic (exact) mass is 250 g/mol. The number of primary amides is 1. The average Bonchev–Trinajstić information content (AvgIpc) is 2.15. The summed E-state index contributed by atoms with van der Waals surface area (Å²) in [6.45, 7) is 5.32. The summed E-state index contributed by atoms with van der Waals surface area (Å²) >= 11 is 0. The Labute approximate surface area is 101 Å². The summed E-state index contributed by atoms with van der Waals surface area (Å²) < 4.78 is 0. The van der Waals surface area contributed by atoms with Crippen molar-refractivity contribution in [3.63, 3.8) is 0 Å². The lowest BCUT2D eigenvalue weighted by atomic mass is 10.1. The van der Waals surface area contributed by atoms with E-state index in [9.17, 15) is 9.59 Å². The zero-order valence-corrected chi connectivity index (χ0v) is 10.4. The van der Waals surface area contributed by atoms with E-state index in [0.717, 1.165) is 0 Å². The average molecular weight is 251 g/mol. The van der Waals surface area contributed by atoms with Gasteiger partial charge in [-0.15, -0.1) is 12.4 Å². The number of amides is 3. The fraction of sp³-hybridized carbons (Fsp3) is 0.778. The molecule has 6 nitrogen and oxygen atoms in total. The molecular weight excluding hydrogens is 232 g/mol. The topological polar surface area (TPSA) is 92.7 Å². The number of rotatable bonds is 1. The number of hydrogen-bond acceptors (Lipinski definition) is 3. The number of hydrogen-bond donors (Lipinski definition) is 2. The maximum Gasteiger partial charge on any atom is 0.314 e. The summed E-state index contributed by atoms with van der Waals surface area (Å²) in [5.41, 5.74) is 9.99. The number of nitrogens with two attached hydrogens (primary N) is 2. The fourth-order valence-corrected chi connectivity index (χ4v) is 1.54. The van der Waals surface area contributed by atoms with Crippen LogP contribution in [-0.2, 0) is 4.79 Å². The Bertz CT molecular complexity index is 269. The number of halogens is 1. The summed E-state index contributed by atoms with van der Waals surface area (Å²) in [7, 11) is 0. The number of urea groups is 1. The Morgan fingerprint density at radius 1 is 1.06 bits per heavy atom. The van der Waals surface area contributed by atoms with Gasteiger partial charge in [0.1, 0.15) is 0 Å². The van der Waals surface area contributed by atoms with Crippen LogP contribution >= 0.6 is 12.4 Å². The van der Waals surface area contributed by atoms with E-state index in [-0.39, 0.29) is 18.3 Å². The second-order valence-corrected chi connectivity index (χ2v) is 4.34. The minimum absolute atomic E-state index is 0. The molecule has 7 heteroatoms. The van der Waals surface area contributed by atoms with Crippen LogP contribution in [0.3, 0.4) is 0 Å². The summed E-state index contributed by atoms with van der Waals surface area (Å²) in [5, 5.41) is 0. The van der Waals surface area contributed by atoms with Crippen molar-refractivity contribution in [2.45, 2.75) is 19.4 Å². The highest BCUT2D eigenvalue weighted by Crippen LogP contribution is 2.08. The smallest absolute Gasteiger partial charge is 0.314 e. The molecule has 0 spiro atoms. The molecule has 1 rings (SSSR count). The van der Waals surface area contributed by atoms with Crippen LogP contribution < -0.4 is 11.5 Å². The first-order valence-corrected chi connectivity index (χ1v) is 4.95. The Balaban J connectivity index is 0.00000225. The first kappa shape index (κ1) is 15.0. The first-order valence-electron chi connectivity index (χ1n) is 4.95. The van der Waals surface area contributed by atoms with E-state index in [4.69, 9.17) is 11.5 Å². The maximum absolute atomic E-state index is 11.8. The van der Waals surface area contributed by atoms with E-state index in [1.54, 1.807) is 18.7 Å². The van der Waals surface area contributed by atoms with Crippen molar-refractivity contribution in [3.8, 4) is 0 Å².